The summed E-state index contributed by atoms with van der Waals surface area (Å²) in [5.41, 5.74) is 5.10. The maximum Gasteiger partial charge on any atom is 0.240 e. The Morgan fingerprint density at radius 2 is 2.00 bits per heavy atom. The van der Waals surface area contributed by atoms with Crippen LogP contribution in [0.1, 0.15) is 11.1 Å². The number of piperazine rings is 1. The van der Waals surface area contributed by atoms with Gasteiger partial charge in [0.2, 0.25) is 11.8 Å². The zero-order valence-electron chi connectivity index (χ0n) is 14.1. The minimum Gasteiger partial charge on any atom is -0.349 e. The Hall–Kier alpha value is -1.96. The summed E-state index contributed by atoms with van der Waals surface area (Å²) in [5.74, 6) is -0.140. The predicted octanol–water partition coefficient (Wildman–Crippen LogP) is 1.42. The lowest BCUT2D eigenvalue weighted by atomic mass is 9.81. The van der Waals surface area contributed by atoms with Gasteiger partial charge in [0, 0.05) is 36.0 Å². The largest absolute Gasteiger partial charge is 0.349 e. The highest BCUT2D eigenvalue weighted by molar-refractivity contribution is 9.10. The molecule has 1 fully saturated rings. The van der Waals surface area contributed by atoms with Crippen molar-refractivity contribution >= 4 is 44.2 Å². The van der Waals surface area contributed by atoms with Gasteiger partial charge < -0.3 is 10.3 Å². The topological polar surface area (TPSA) is 77.2 Å². The molecule has 1 aromatic carbocycles. The Bertz CT molecular complexity index is 948. The van der Waals surface area contributed by atoms with E-state index in [0.29, 0.717) is 25.7 Å². The normalized spacial score (nSPS) is 25.8. The highest BCUT2D eigenvalue weighted by Crippen LogP contribution is 2.41. The van der Waals surface area contributed by atoms with Crippen molar-refractivity contribution < 1.29 is 9.59 Å². The van der Waals surface area contributed by atoms with Gasteiger partial charge in [-0.3, -0.25) is 19.8 Å². The van der Waals surface area contributed by atoms with E-state index in [9.17, 15) is 9.59 Å². The third-order valence-electron chi connectivity index (χ3n) is 5.52. The number of rotatable bonds is 2. The fourth-order valence-electron chi connectivity index (χ4n) is 4.49. The molecule has 2 amide bonds. The third-order valence-corrected chi connectivity index (χ3v) is 6.19. The number of nitrogens with zero attached hydrogens (tertiary/aromatic N) is 1. The van der Waals surface area contributed by atoms with Crippen LogP contribution in [0.4, 0.5) is 0 Å². The standard InChI is InChI=1S/C19H19BrN4O2/c20-19-13-5-15-12(11-2-1-3-14(22-19)18(11)13)4-10(6-21-15)7-24-8-16(25)23-17(26)9-24/h1-4,10,15,21-22H,5-9H2,(H,23,25,26)/t10-,15-/m1/s1. The van der Waals surface area contributed by atoms with Gasteiger partial charge in [-0.1, -0.05) is 18.2 Å². The van der Waals surface area contributed by atoms with Crippen LogP contribution in [0, 0.1) is 5.92 Å². The fraction of sp³-hybridized carbons (Fsp3) is 0.368. The molecule has 2 aromatic rings. The number of fused-ring (bicyclic) bond motifs is 2. The summed E-state index contributed by atoms with van der Waals surface area (Å²) < 4.78 is 1.07. The monoisotopic (exact) mass is 414 g/mol. The van der Waals surface area contributed by atoms with Crippen LogP contribution in [0.3, 0.4) is 0 Å². The Morgan fingerprint density at radius 3 is 2.81 bits per heavy atom. The van der Waals surface area contributed by atoms with Crippen molar-refractivity contribution in [1.82, 2.24) is 20.5 Å². The highest BCUT2D eigenvalue weighted by Gasteiger charge is 2.32. The number of halogens is 1. The number of carbonyl (C=O) groups excluding carboxylic acids is 2. The average molecular weight is 415 g/mol. The molecule has 3 N–H and O–H groups in total. The third kappa shape index (κ3) is 2.62. The first-order valence-corrected chi connectivity index (χ1v) is 9.67. The first kappa shape index (κ1) is 16.2. The van der Waals surface area contributed by atoms with Gasteiger partial charge in [0.15, 0.2) is 0 Å². The number of carbonyl (C=O) groups is 2. The van der Waals surface area contributed by atoms with E-state index < -0.39 is 0 Å². The minimum atomic E-state index is -0.209. The van der Waals surface area contributed by atoms with Crippen molar-refractivity contribution in [1.29, 1.82) is 0 Å². The van der Waals surface area contributed by atoms with Crippen LogP contribution in [0.2, 0.25) is 0 Å². The van der Waals surface area contributed by atoms with Gasteiger partial charge in [-0.15, -0.1) is 0 Å². The van der Waals surface area contributed by atoms with Gasteiger partial charge in [-0.2, -0.15) is 0 Å². The number of nitrogens with one attached hydrogen (secondary N) is 3. The molecule has 134 valence electrons. The number of H-pyrrole nitrogens is 1. The summed E-state index contributed by atoms with van der Waals surface area (Å²) in [6, 6.07) is 6.69. The van der Waals surface area contributed by atoms with E-state index in [0.717, 1.165) is 23.1 Å². The van der Waals surface area contributed by atoms with Crippen molar-refractivity contribution in [3.8, 4) is 0 Å². The van der Waals surface area contributed by atoms with E-state index in [2.05, 4.69) is 55.8 Å². The average Bonchev–Trinajstić information content (AvgIpc) is 2.91. The minimum absolute atomic E-state index is 0.209. The molecule has 1 aliphatic carbocycles. The molecule has 0 unspecified atom stereocenters. The molecule has 26 heavy (non-hydrogen) atoms. The Labute approximate surface area is 159 Å². The van der Waals surface area contributed by atoms with Crippen molar-refractivity contribution in [3.05, 3.63) is 40.0 Å². The van der Waals surface area contributed by atoms with Gasteiger partial charge in [0.25, 0.3) is 0 Å². The summed E-state index contributed by atoms with van der Waals surface area (Å²) in [7, 11) is 0. The molecule has 6 nitrogen and oxygen atoms in total. The molecule has 0 spiro atoms. The van der Waals surface area contributed by atoms with Crippen LogP contribution in [0.25, 0.3) is 16.5 Å². The zero-order valence-corrected chi connectivity index (χ0v) is 15.7. The SMILES string of the molecule is O=C1CN(C[C@@H]2C=C3c4cccc5[nH]c(Br)c(c45)C[C@H]3NC2)CC(=O)N1. The molecule has 7 heteroatoms. The smallest absolute Gasteiger partial charge is 0.240 e. The van der Waals surface area contributed by atoms with Crippen LogP contribution in [-0.2, 0) is 16.0 Å². The summed E-state index contributed by atoms with van der Waals surface area (Å²) in [6.07, 6.45) is 3.30. The first-order valence-electron chi connectivity index (χ1n) is 8.88. The van der Waals surface area contributed by atoms with Gasteiger partial charge in [-0.25, -0.2) is 0 Å². The quantitative estimate of drug-likeness (QED) is 0.649. The van der Waals surface area contributed by atoms with Crippen LogP contribution in [0.15, 0.2) is 28.9 Å². The van der Waals surface area contributed by atoms with E-state index in [4.69, 9.17) is 0 Å². The second-order valence-corrected chi connectivity index (χ2v) is 8.13. The Kier molecular flexibility index (Phi) is 3.77. The van der Waals surface area contributed by atoms with Crippen molar-refractivity contribution in [3.63, 3.8) is 0 Å². The molecule has 5 rings (SSSR count). The van der Waals surface area contributed by atoms with Gasteiger partial charge in [-0.05, 0) is 45.1 Å². The van der Waals surface area contributed by atoms with Crippen LogP contribution in [0.5, 0.6) is 0 Å². The van der Waals surface area contributed by atoms with Crippen LogP contribution >= 0.6 is 15.9 Å². The summed E-state index contributed by atoms with van der Waals surface area (Å²) in [5, 5.41) is 7.33. The van der Waals surface area contributed by atoms with E-state index in [1.165, 1.54) is 22.1 Å². The lowest BCUT2D eigenvalue weighted by molar-refractivity contribution is -0.136. The number of benzene rings is 1. The Balaban J connectivity index is 1.47. The predicted molar refractivity (Wildman–Crippen MR) is 103 cm³/mol. The van der Waals surface area contributed by atoms with Gasteiger partial charge in [0.1, 0.15) is 0 Å². The zero-order chi connectivity index (χ0) is 17.8. The van der Waals surface area contributed by atoms with Gasteiger partial charge in [0.05, 0.1) is 17.7 Å². The molecule has 0 bridgehead atoms. The summed E-state index contributed by atoms with van der Waals surface area (Å²) in [4.78, 5) is 28.6. The molecule has 0 radical (unpaired) electrons. The number of amides is 2. The first-order chi connectivity index (χ1) is 12.6. The molecule has 3 heterocycles. The number of hydrogen-bond donors (Lipinski definition) is 3. The van der Waals surface area contributed by atoms with E-state index in [1.807, 2.05) is 4.90 Å². The van der Waals surface area contributed by atoms with Crippen molar-refractivity contribution in [2.24, 2.45) is 5.92 Å². The lowest BCUT2D eigenvalue weighted by Gasteiger charge is -2.36. The molecule has 2 aliphatic heterocycles. The number of aromatic nitrogens is 1. The highest BCUT2D eigenvalue weighted by atomic mass is 79.9. The molecule has 1 saturated heterocycles. The molecular formula is C19H19BrN4O2. The lowest BCUT2D eigenvalue weighted by Crippen LogP contribution is -2.53. The van der Waals surface area contributed by atoms with Crippen LogP contribution in [-0.4, -0.2) is 53.9 Å². The molecule has 1 aromatic heterocycles. The van der Waals surface area contributed by atoms with E-state index in [-0.39, 0.29) is 17.7 Å². The van der Waals surface area contributed by atoms with Crippen molar-refractivity contribution in [2.45, 2.75) is 12.5 Å². The van der Waals surface area contributed by atoms with E-state index >= 15 is 0 Å². The molecule has 2 atom stereocenters. The number of aromatic amines is 1. The molecular weight excluding hydrogens is 396 g/mol. The fourth-order valence-corrected chi connectivity index (χ4v) is 5.06. The second-order valence-electron chi connectivity index (χ2n) is 7.33. The van der Waals surface area contributed by atoms with E-state index in [1.54, 1.807) is 0 Å². The maximum absolute atomic E-state index is 11.6. The Morgan fingerprint density at radius 1 is 1.19 bits per heavy atom. The molecule has 3 aliphatic rings. The molecule has 0 saturated carbocycles. The number of hydrogen-bond acceptors (Lipinski definition) is 4. The van der Waals surface area contributed by atoms with Gasteiger partial charge >= 0.3 is 0 Å². The summed E-state index contributed by atoms with van der Waals surface area (Å²) >= 11 is 3.66. The van der Waals surface area contributed by atoms with Crippen molar-refractivity contribution in [2.75, 3.05) is 26.2 Å². The maximum atomic E-state index is 11.6. The summed E-state index contributed by atoms with van der Waals surface area (Å²) in [6.45, 7) is 2.15. The second kappa shape index (κ2) is 6.04. The van der Waals surface area contributed by atoms with Crippen LogP contribution < -0.4 is 10.6 Å². The number of imide groups is 1.